The van der Waals surface area contributed by atoms with Crippen LogP contribution in [0.15, 0.2) is 24.3 Å². The Hall–Kier alpha value is -1.39. The molecule has 0 saturated carbocycles. The Morgan fingerprint density at radius 3 is 2.67 bits per heavy atom. The molecule has 1 aromatic carbocycles. The molecule has 0 heterocycles. The highest BCUT2D eigenvalue weighted by molar-refractivity contribution is 5.75. The average Bonchev–Trinajstić information content (AvgIpc) is 2.17. The highest BCUT2D eigenvalue weighted by Gasteiger charge is 2.21. The molecule has 1 unspecified atom stereocenters. The Labute approximate surface area is 89.3 Å². The van der Waals surface area contributed by atoms with Gasteiger partial charge >= 0.3 is 5.97 Å². The Kier molecular flexibility index (Phi) is 3.82. The Morgan fingerprint density at radius 1 is 1.53 bits per heavy atom. The van der Waals surface area contributed by atoms with Gasteiger partial charge in [-0.05, 0) is 25.2 Å². The van der Waals surface area contributed by atoms with Crippen LogP contribution in [0.4, 0.5) is 0 Å². The zero-order valence-electron chi connectivity index (χ0n) is 8.97. The lowest BCUT2D eigenvalue weighted by atomic mass is 10.0. The SMILES string of the molecule is CN(C)C(C(=O)O)c1cccc(CN)c1. The predicted octanol–water partition coefficient (Wildman–Crippen LogP) is 0.833. The van der Waals surface area contributed by atoms with Gasteiger partial charge in [-0.25, -0.2) is 0 Å². The zero-order valence-corrected chi connectivity index (χ0v) is 8.97. The number of nitrogens with zero attached hydrogens (tertiary/aromatic N) is 1. The topological polar surface area (TPSA) is 66.6 Å². The minimum Gasteiger partial charge on any atom is -0.480 e. The molecule has 1 aromatic rings. The second kappa shape index (κ2) is 4.91. The third-order valence-electron chi connectivity index (χ3n) is 2.25. The molecular weight excluding hydrogens is 192 g/mol. The molecule has 0 saturated heterocycles. The van der Waals surface area contributed by atoms with Crippen molar-refractivity contribution in [2.45, 2.75) is 12.6 Å². The van der Waals surface area contributed by atoms with E-state index in [1.165, 1.54) is 0 Å². The van der Waals surface area contributed by atoms with Gasteiger partial charge in [0.1, 0.15) is 6.04 Å². The summed E-state index contributed by atoms with van der Waals surface area (Å²) in [6.45, 7) is 0.424. The number of aliphatic carboxylic acids is 1. The van der Waals surface area contributed by atoms with Crippen molar-refractivity contribution >= 4 is 5.97 Å². The molecular formula is C11H16N2O2. The molecule has 4 nitrogen and oxygen atoms in total. The van der Waals surface area contributed by atoms with Crippen LogP contribution in [0.3, 0.4) is 0 Å². The van der Waals surface area contributed by atoms with Gasteiger partial charge in [0.25, 0.3) is 0 Å². The summed E-state index contributed by atoms with van der Waals surface area (Å²) in [5.74, 6) is -0.853. The van der Waals surface area contributed by atoms with Crippen LogP contribution in [-0.2, 0) is 11.3 Å². The molecule has 0 aromatic heterocycles. The molecule has 0 aliphatic carbocycles. The van der Waals surface area contributed by atoms with Crippen molar-refractivity contribution in [2.24, 2.45) is 5.73 Å². The van der Waals surface area contributed by atoms with Crippen molar-refractivity contribution in [1.29, 1.82) is 0 Å². The second-order valence-electron chi connectivity index (χ2n) is 3.65. The summed E-state index contributed by atoms with van der Waals surface area (Å²) in [5, 5.41) is 9.09. The van der Waals surface area contributed by atoms with E-state index in [2.05, 4.69) is 0 Å². The van der Waals surface area contributed by atoms with Gasteiger partial charge < -0.3 is 10.8 Å². The van der Waals surface area contributed by atoms with E-state index < -0.39 is 12.0 Å². The third kappa shape index (κ3) is 2.78. The van der Waals surface area contributed by atoms with Crippen LogP contribution in [-0.4, -0.2) is 30.1 Å². The van der Waals surface area contributed by atoms with E-state index in [4.69, 9.17) is 10.8 Å². The fourth-order valence-electron chi connectivity index (χ4n) is 1.55. The number of carboxylic acids is 1. The number of hydrogen-bond acceptors (Lipinski definition) is 3. The molecule has 1 atom stereocenters. The lowest BCUT2D eigenvalue weighted by Crippen LogP contribution is -2.27. The molecule has 0 fully saturated rings. The molecule has 0 radical (unpaired) electrons. The summed E-state index contributed by atoms with van der Waals surface area (Å²) in [7, 11) is 3.49. The molecule has 0 spiro atoms. The second-order valence-corrected chi connectivity index (χ2v) is 3.65. The van der Waals surface area contributed by atoms with Gasteiger partial charge in [-0.1, -0.05) is 24.3 Å². The number of hydrogen-bond donors (Lipinski definition) is 2. The van der Waals surface area contributed by atoms with E-state index in [1.54, 1.807) is 25.1 Å². The summed E-state index contributed by atoms with van der Waals surface area (Å²) in [4.78, 5) is 12.7. The van der Waals surface area contributed by atoms with Crippen LogP contribution < -0.4 is 5.73 Å². The van der Waals surface area contributed by atoms with E-state index >= 15 is 0 Å². The number of carbonyl (C=O) groups is 1. The number of nitrogens with two attached hydrogens (primary N) is 1. The Morgan fingerprint density at radius 2 is 2.20 bits per heavy atom. The van der Waals surface area contributed by atoms with Crippen LogP contribution in [0, 0.1) is 0 Å². The first-order valence-corrected chi connectivity index (χ1v) is 4.74. The fourth-order valence-corrected chi connectivity index (χ4v) is 1.55. The van der Waals surface area contributed by atoms with Crippen LogP contribution in [0.2, 0.25) is 0 Å². The normalized spacial score (nSPS) is 12.8. The molecule has 82 valence electrons. The standard InChI is InChI=1S/C11H16N2O2/c1-13(2)10(11(14)15)9-5-3-4-8(6-9)7-12/h3-6,10H,7,12H2,1-2H3,(H,14,15). The fraction of sp³-hybridized carbons (Fsp3) is 0.364. The largest absolute Gasteiger partial charge is 0.480 e. The van der Waals surface area contributed by atoms with Gasteiger partial charge in [-0.3, -0.25) is 9.69 Å². The first-order valence-electron chi connectivity index (χ1n) is 4.74. The van der Waals surface area contributed by atoms with Gasteiger partial charge in [0.15, 0.2) is 0 Å². The first-order chi connectivity index (χ1) is 7.06. The summed E-state index contributed by atoms with van der Waals surface area (Å²) < 4.78 is 0. The quantitative estimate of drug-likeness (QED) is 0.769. The van der Waals surface area contributed by atoms with Gasteiger partial charge in [0.2, 0.25) is 0 Å². The van der Waals surface area contributed by atoms with Gasteiger partial charge in [-0.15, -0.1) is 0 Å². The predicted molar refractivity (Wildman–Crippen MR) is 58.4 cm³/mol. The number of likely N-dealkylation sites (N-methyl/N-ethyl adjacent to an activating group) is 1. The number of rotatable bonds is 4. The minimum absolute atomic E-state index is 0.424. The van der Waals surface area contributed by atoms with Crippen LogP contribution in [0.1, 0.15) is 17.2 Å². The lowest BCUT2D eigenvalue weighted by molar-refractivity contribution is -0.142. The van der Waals surface area contributed by atoms with E-state index in [0.717, 1.165) is 11.1 Å². The van der Waals surface area contributed by atoms with Gasteiger partial charge in [-0.2, -0.15) is 0 Å². The monoisotopic (exact) mass is 208 g/mol. The van der Waals surface area contributed by atoms with Crippen LogP contribution in [0.25, 0.3) is 0 Å². The number of benzene rings is 1. The molecule has 0 amide bonds. The van der Waals surface area contributed by atoms with Crippen molar-refractivity contribution in [3.63, 3.8) is 0 Å². The lowest BCUT2D eigenvalue weighted by Gasteiger charge is -2.20. The maximum atomic E-state index is 11.1. The summed E-state index contributed by atoms with van der Waals surface area (Å²) in [6.07, 6.45) is 0. The van der Waals surface area contributed by atoms with Crippen molar-refractivity contribution in [3.05, 3.63) is 35.4 Å². The molecule has 15 heavy (non-hydrogen) atoms. The number of carboxylic acid groups (broad SMARTS) is 1. The van der Waals surface area contributed by atoms with E-state index in [1.807, 2.05) is 18.2 Å². The Bertz CT molecular complexity index is 350. The van der Waals surface area contributed by atoms with E-state index in [-0.39, 0.29) is 0 Å². The van der Waals surface area contributed by atoms with Crippen molar-refractivity contribution in [2.75, 3.05) is 14.1 Å². The summed E-state index contributed by atoms with van der Waals surface area (Å²) in [6, 6.07) is 6.74. The van der Waals surface area contributed by atoms with E-state index in [9.17, 15) is 4.79 Å². The summed E-state index contributed by atoms with van der Waals surface area (Å²) >= 11 is 0. The van der Waals surface area contributed by atoms with Crippen LogP contribution in [0.5, 0.6) is 0 Å². The maximum absolute atomic E-state index is 11.1. The third-order valence-corrected chi connectivity index (χ3v) is 2.25. The molecule has 0 aliphatic rings. The van der Waals surface area contributed by atoms with Crippen LogP contribution >= 0.6 is 0 Å². The minimum atomic E-state index is -0.853. The average molecular weight is 208 g/mol. The highest BCUT2D eigenvalue weighted by atomic mass is 16.4. The molecule has 0 aliphatic heterocycles. The van der Waals surface area contributed by atoms with Crippen molar-refractivity contribution in [3.8, 4) is 0 Å². The smallest absolute Gasteiger partial charge is 0.325 e. The van der Waals surface area contributed by atoms with E-state index in [0.29, 0.717) is 6.54 Å². The Balaban J connectivity index is 3.05. The maximum Gasteiger partial charge on any atom is 0.325 e. The highest BCUT2D eigenvalue weighted by Crippen LogP contribution is 2.19. The van der Waals surface area contributed by atoms with Crippen molar-refractivity contribution < 1.29 is 9.90 Å². The van der Waals surface area contributed by atoms with Gasteiger partial charge in [0.05, 0.1) is 0 Å². The molecule has 0 bridgehead atoms. The molecule has 4 heteroatoms. The molecule has 1 rings (SSSR count). The first kappa shape index (κ1) is 11.7. The van der Waals surface area contributed by atoms with Crippen molar-refractivity contribution in [1.82, 2.24) is 4.90 Å². The van der Waals surface area contributed by atoms with Gasteiger partial charge in [0, 0.05) is 6.54 Å². The summed E-state index contributed by atoms with van der Waals surface area (Å²) in [5.41, 5.74) is 7.21. The molecule has 3 N–H and O–H groups in total. The zero-order chi connectivity index (χ0) is 11.4.